The van der Waals surface area contributed by atoms with Crippen LogP contribution in [0.3, 0.4) is 0 Å². The average Bonchev–Trinajstić information content (AvgIpc) is 3.10. The van der Waals surface area contributed by atoms with Gasteiger partial charge in [0.05, 0.1) is 5.56 Å². The van der Waals surface area contributed by atoms with Crippen LogP contribution in [0, 0.1) is 11.3 Å². The molecule has 134 valence electrons. The van der Waals surface area contributed by atoms with Crippen molar-refractivity contribution in [3.05, 3.63) is 53.2 Å². The van der Waals surface area contributed by atoms with Gasteiger partial charge in [0.2, 0.25) is 5.91 Å². The topological polar surface area (TPSA) is 57.0 Å². The van der Waals surface area contributed by atoms with Crippen LogP contribution < -0.4 is 4.90 Å². The zero-order chi connectivity index (χ0) is 18.4. The Kier molecular flexibility index (Phi) is 6.30. The molecule has 1 aliphatic rings. The first kappa shape index (κ1) is 18.5. The molecule has 0 atom stereocenters. The molecule has 1 amide bonds. The monoisotopic (exact) mass is 365 g/mol. The number of amides is 1. The van der Waals surface area contributed by atoms with Crippen LogP contribution in [0.25, 0.3) is 0 Å². The van der Waals surface area contributed by atoms with Gasteiger partial charge in [-0.2, -0.15) is 5.26 Å². The molecule has 2 aromatic rings. The number of fused-ring (bicyclic) bond motifs is 1. The SMILES string of the molecule is CCCCc1ccc(C#N)c(SCCC(=O)N2CCc3ccccc32)n1. The lowest BCUT2D eigenvalue weighted by atomic mass is 10.2. The molecule has 5 heteroatoms. The standard InChI is InChI=1S/C21H23N3OS/c1-2-3-7-18-10-9-17(15-22)21(23-18)26-14-12-20(25)24-13-11-16-6-4-5-8-19(16)24/h4-6,8-10H,2-3,7,11-14H2,1H3. The van der Waals surface area contributed by atoms with Gasteiger partial charge in [0.15, 0.2) is 0 Å². The summed E-state index contributed by atoms with van der Waals surface area (Å²) in [7, 11) is 0. The van der Waals surface area contributed by atoms with E-state index in [2.05, 4.69) is 24.0 Å². The fourth-order valence-electron chi connectivity index (χ4n) is 3.14. The number of carbonyl (C=O) groups is 1. The molecule has 0 unspecified atom stereocenters. The summed E-state index contributed by atoms with van der Waals surface area (Å²) in [4.78, 5) is 19.1. The molecule has 0 spiro atoms. The highest BCUT2D eigenvalue weighted by atomic mass is 32.2. The van der Waals surface area contributed by atoms with E-state index in [-0.39, 0.29) is 5.91 Å². The van der Waals surface area contributed by atoms with Crippen molar-refractivity contribution >= 4 is 23.4 Å². The summed E-state index contributed by atoms with van der Waals surface area (Å²) >= 11 is 1.51. The van der Waals surface area contributed by atoms with Gasteiger partial charge in [-0.25, -0.2) is 4.98 Å². The molecule has 0 saturated carbocycles. The van der Waals surface area contributed by atoms with E-state index in [4.69, 9.17) is 0 Å². The third-order valence-electron chi connectivity index (χ3n) is 4.57. The van der Waals surface area contributed by atoms with Crippen molar-refractivity contribution in [2.75, 3.05) is 17.2 Å². The number of para-hydroxylation sites is 1. The van der Waals surface area contributed by atoms with Gasteiger partial charge >= 0.3 is 0 Å². The Bertz CT molecular complexity index is 828. The average molecular weight is 366 g/mol. The molecule has 1 aromatic carbocycles. The number of rotatable bonds is 7. The summed E-state index contributed by atoms with van der Waals surface area (Å²) in [5.41, 5.74) is 3.90. The zero-order valence-electron chi connectivity index (χ0n) is 15.1. The molecule has 2 heterocycles. The first-order chi connectivity index (χ1) is 12.7. The summed E-state index contributed by atoms with van der Waals surface area (Å²) < 4.78 is 0. The number of unbranched alkanes of at least 4 members (excludes halogenated alkanes) is 1. The number of nitrogens with zero attached hydrogens (tertiary/aromatic N) is 3. The second kappa shape index (κ2) is 8.86. The lowest BCUT2D eigenvalue weighted by molar-refractivity contribution is -0.118. The Morgan fingerprint density at radius 1 is 1.31 bits per heavy atom. The van der Waals surface area contributed by atoms with E-state index < -0.39 is 0 Å². The van der Waals surface area contributed by atoms with Crippen LogP contribution in [-0.2, 0) is 17.6 Å². The Morgan fingerprint density at radius 2 is 2.15 bits per heavy atom. The summed E-state index contributed by atoms with van der Waals surface area (Å²) in [6.07, 6.45) is 4.52. The number of aromatic nitrogens is 1. The number of nitriles is 1. The normalized spacial score (nSPS) is 12.7. The van der Waals surface area contributed by atoms with Crippen molar-refractivity contribution in [1.82, 2.24) is 4.98 Å². The highest BCUT2D eigenvalue weighted by Gasteiger charge is 2.23. The van der Waals surface area contributed by atoms with E-state index >= 15 is 0 Å². The number of thioether (sulfide) groups is 1. The molecule has 0 aliphatic carbocycles. The third kappa shape index (κ3) is 4.25. The highest BCUT2D eigenvalue weighted by molar-refractivity contribution is 7.99. The first-order valence-electron chi connectivity index (χ1n) is 9.14. The number of hydrogen-bond acceptors (Lipinski definition) is 4. The Balaban J connectivity index is 1.59. The van der Waals surface area contributed by atoms with Gasteiger partial charge in [0.1, 0.15) is 11.1 Å². The number of aryl methyl sites for hydroxylation is 1. The van der Waals surface area contributed by atoms with E-state index in [1.165, 1.54) is 17.3 Å². The number of pyridine rings is 1. The van der Waals surface area contributed by atoms with Crippen molar-refractivity contribution in [1.29, 1.82) is 5.26 Å². The van der Waals surface area contributed by atoms with Gasteiger partial charge < -0.3 is 4.90 Å². The summed E-state index contributed by atoms with van der Waals surface area (Å²) in [6.45, 7) is 2.92. The fourth-order valence-corrected chi connectivity index (χ4v) is 4.06. The Labute approximate surface area is 159 Å². The number of carbonyl (C=O) groups excluding carboxylic acids is 1. The van der Waals surface area contributed by atoms with Crippen molar-refractivity contribution in [2.45, 2.75) is 44.1 Å². The Morgan fingerprint density at radius 3 is 2.96 bits per heavy atom. The smallest absolute Gasteiger partial charge is 0.227 e. The molecule has 0 N–H and O–H groups in total. The summed E-state index contributed by atoms with van der Waals surface area (Å²) in [5.74, 6) is 0.777. The quantitative estimate of drug-likeness (QED) is 0.684. The minimum atomic E-state index is 0.142. The Hall–Kier alpha value is -2.32. The zero-order valence-corrected chi connectivity index (χ0v) is 15.9. The molecule has 0 bridgehead atoms. The predicted octanol–water partition coefficient (Wildman–Crippen LogP) is 4.37. The molecule has 0 fully saturated rings. The molecular weight excluding hydrogens is 342 g/mol. The van der Waals surface area contributed by atoms with E-state index in [9.17, 15) is 10.1 Å². The molecule has 0 saturated heterocycles. The van der Waals surface area contributed by atoms with Crippen LogP contribution in [-0.4, -0.2) is 23.2 Å². The minimum absolute atomic E-state index is 0.142. The van der Waals surface area contributed by atoms with E-state index in [0.717, 1.165) is 48.6 Å². The van der Waals surface area contributed by atoms with Gasteiger partial charge in [-0.1, -0.05) is 31.5 Å². The van der Waals surface area contributed by atoms with Crippen molar-refractivity contribution < 1.29 is 4.79 Å². The predicted molar refractivity (Wildman–Crippen MR) is 105 cm³/mol. The largest absolute Gasteiger partial charge is 0.312 e. The molecule has 1 aromatic heterocycles. The fraction of sp³-hybridized carbons (Fsp3) is 0.381. The number of benzene rings is 1. The van der Waals surface area contributed by atoms with Crippen LogP contribution in [0.15, 0.2) is 41.4 Å². The number of anilines is 1. The molecule has 1 aliphatic heterocycles. The second-order valence-corrected chi connectivity index (χ2v) is 7.48. The van der Waals surface area contributed by atoms with Gasteiger partial charge in [0, 0.05) is 30.1 Å². The minimum Gasteiger partial charge on any atom is -0.312 e. The van der Waals surface area contributed by atoms with E-state index in [1.807, 2.05) is 35.2 Å². The van der Waals surface area contributed by atoms with Crippen LogP contribution in [0.4, 0.5) is 5.69 Å². The van der Waals surface area contributed by atoms with Gasteiger partial charge in [-0.3, -0.25) is 4.79 Å². The molecule has 0 radical (unpaired) electrons. The third-order valence-corrected chi connectivity index (χ3v) is 5.56. The maximum absolute atomic E-state index is 12.6. The highest BCUT2D eigenvalue weighted by Crippen LogP contribution is 2.29. The second-order valence-electron chi connectivity index (χ2n) is 6.39. The van der Waals surface area contributed by atoms with Gasteiger partial charge in [0.25, 0.3) is 0 Å². The van der Waals surface area contributed by atoms with Crippen molar-refractivity contribution in [3.8, 4) is 6.07 Å². The molecule has 4 nitrogen and oxygen atoms in total. The maximum atomic E-state index is 12.6. The van der Waals surface area contributed by atoms with Crippen molar-refractivity contribution in [2.24, 2.45) is 0 Å². The first-order valence-corrected chi connectivity index (χ1v) is 10.1. The van der Waals surface area contributed by atoms with Crippen LogP contribution in [0.2, 0.25) is 0 Å². The lowest BCUT2D eigenvalue weighted by Crippen LogP contribution is -2.29. The number of hydrogen-bond donors (Lipinski definition) is 0. The molecule has 26 heavy (non-hydrogen) atoms. The van der Waals surface area contributed by atoms with E-state index in [0.29, 0.717) is 17.7 Å². The molecule has 3 rings (SSSR count). The summed E-state index contributed by atoms with van der Waals surface area (Å²) in [6, 6.07) is 14.1. The van der Waals surface area contributed by atoms with Gasteiger partial charge in [-0.05, 0) is 43.0 Å². The van der Waals surface area contributed by atoms with E-state index in [1.54, 1.807) is 0 Å². The van der Waals surface area contributed by atoms with Crippen LogP contribution in [0.1, 0.15) is 43.0 Å². The maximum Gasteiger partial charge on any atom is 0.227 e. The lowest BCUT2D eigenvalue weighted by Gasteiger charge is -2.17. The van der Waals surface area contributed by atoms with Crippen LogP contribution >= 0.6 is 11.8 Å². The summed E-state index contributed by atoms with van der Waals surface area (Å²) in [5, 5.41) is 10.0. The van der Waals surface area contributed by atoms with Crippen LogP contribution in [0.5, 0.6) is 0 Å². The van der Waals surface area contributed by atoms with Gasteiger partial charge in [-0.15, -0.1) is 11.8 Å². The molecular formula is C21H23N3OS. The van der Waals surface area contributed by atoms with Crippen molar-refractivity contribution in [3.63, 3.8) is 0 Å².